The Labute approximate surface area is 113 Å². The molecule has 1 atom stereocenters. The minimum Gasteiger partial charge on any atom is -0.317 e. The number of nitro groups is 1. The molecular weight excluding hydrogens is 242 g/mol. The third kappa shape index (κ3) is 4.01. The van der Waals surface area contributed by atoms with Crippen molar-refractivity contribution >= 4 is 5.69 Å². The highest BCUT2D eigenvalue weighted by molar-refractivity contribution is 5.34. The van der Waals surface area contributed by atoms with E-state index in [1.165, 1.54) is 12.8 Å². The Morgan fingerprint density at radius 1 is 1.42 bits per heavy atom. The van der Waals surface area contributed by atoms with Crippen LogP contribution < -0.4 is 5.32 Å². The van der Waals surface area contributed by atoms with Gasteiger partial charge in [-0.15, -0.1) is 0 Å². The fourth-order valence-electron chi connectivity index (χ4n) is 2.63. The van der Waals surface area contributed by atoms with Gasteiger partial charge in [-0.25, -0.2) is 0 Å². The van der Waals surface area contributed by atoms with Crippen molar-refractivity contribution < 1.29 is 4.92 Å². The van der Waals surface area contributed by atoms with E-state index in [0.29, 0.717) is 6.04 Å². The van der Waals surface area contributed by atoms with E-state index in [1.807, 2.05) is 6.07 Å². The molecule has 2 rings (SSSR count). The summed E-state index contributed by atoms with van der Waals surface area (Å²) in [6.45, 7) is 2.93. The van der Waals surface area contributed by atoms with Gasteiger partial charge in [-0.1, -0.05) is 12.1 Å². The molecule has 1 aromatic rings. The lowest BCUT2D eigenvalue weighted by molar-refractivity contribution is -0.384. The first kappa shape index (κ1) is 14.0. The van der Waals surface area contributed by atoms with Crippen molar-refractivity contribution in [3.63, 3.8) is 0 Å². The number of nitrogens with one attached hydrogen (secondary N) is 1. The van der Waals surface area contributed by atoms with E-state index in [9.17, 15) is 10.1 Å². The topological polar surface area (TPSA) is 58.4 Å². The van der Waals surface area contributed by atoms with Crippen molar-refractivity contribution in [1.29, 1.82) is 0 Å². The van der Waals surface area contributed by atoms with Crippen LogP contribution in [0.1, 0.15) is 24.8 Å². The Morgan fingerprint density at radius 2 is 2.26 bits per heavy atom. The lowest BCUT2D eigenvalue weighted by Crippen LogP contribution is -2.32. The number of nitrogens with zero attached hydrogens (tertiary/aromatic N) is 2. The fraction of sp³-hybridized carbons (Fsp3) is 0.571. The van der Waals surface area contributed by atoms with Crippen molar-refractivity contribution in [2.24, 2.45) is 0 Å². The zero-order valence-corrected chi connectivity index (χ0v) is 11.3. The van der Waals surface area contributed by atoms with Crippen LogP contribution in [-0.2, 0) is 6.54 Å². The second-order valence-electron chi connectivity index (χ2n) is 5.18. The third-order valence-corrected chi connectivity index (χ3v) is 3.72. The average Bonchev–Trinajstić information content (AvgIpc) is 2.68. The Balaban J connectivity index is 1.99. The first-order valence-electron chi connectivity index (χ1n) is 6.81. The van der Waals surface area contributed by atoms with Crippen LogP contribution in [0.5, 0.6) is 0 Å². The minimum atomic E-state index is -0.334. The number of non-ortho nitro benzene ring substituents is 1. The van der Waals surface area contributed by atoms with Gasteiger partial charge in [-0.05, 0) is 45.0 Å². The van der Waals surface area contributed by atoms with Gasteiger partial charge in [-0.3, -0.25) is 15.0 Å². The highest BCUT2D eigenvalue weighted by atomic mass is 16.6. The van der Waals surface area contributed by atoms with Gasteiger partial charge < -0.3 is 5.32 Å². The van der Waals surface area contributed by atoms with Gasteiger partial charge in [0.25, 0.3) is 5.69 Å². The largest absolute Gasteiger partial charge is 0.317 e. The summed E-state index contributed by atoms with van der Waals surface area (Å²) in [7, 11) is 2.11. The van der Waals surface area contributed by atoms with E-state index in [0.717, 1.165) is 31.6 Å². The molecule has 0 radical (unpaired) electrons. The van der Waals surface area contributed by atoms with Gasteiger partial charge in [0.15, 0.2) is 0 Å². The molecule has 1 heterocycles. The predicted molar refractivity (Wildman–Crippen MR) is 75.1 cm³/mol. The summed E-state index contributed by atoms with van der Waals surface area (Å²) < 4.78 is 0. The first-order valence-corrected chi connectivity index (χ1v) is 6.81. The summed E-state index contributed by atoms with van der Waals surface area (Å²) in [5.74, 6) is 0. The second kappa shape index (κ2) is 6.63. The third-order valence-electron chi connectivity index (χ3n) is 3.72. The zero-order chi connectivity index (χ0) is 13.7. The first-order chi connectivity index (χ1) is 9.16. The normalized spacial score (nSPS) is 20.2. The van der Waals surface area contributed by atoms with Crippen molar-refractivity contribution in [2.75, 3.05) is 20.1 Å². The second-order valence-corrected chi connectivity index (χ2v) is 5.18. The van der Waals surface area contributed by atoms with E-state index >= 15 is 0 Å². The maximum Gasteiger partial charge on any atom is 0.269 e. The highest BCUT2D eigenvalue weighted by Crippen LogP contribution is 2.18. The van der Waals surface area contributed by atoms with Crippen LogP contribution in [-0.4, -0.2) is 36.0 Å². The molecule has 0 spiro atoms. The molecule has 5 nitrogen and oxygen atoms in total. The molecule has 1 fully saturated rings. The number of hydrogen-bond donors (Lipinski definition) is 1. The summed E-state index contributed by atoms with van der Waals surface area (Å²) in [6, 6.07) is 7.49. The number of rotatable bonds is 4. The van der Waals surface area contributed by atoms with E-state index in [2.05, 4.69) is 17.3 Å². The zero-order valence-electron chi connectivity index (χ0n) is 11.3. The van der Waals surface area contributed by atoms with Gasteiger partial charge in [0.05, 0.1) is 4.92 Å². The van der Waals surface area contributed by atoms with Crippen LogP contribution in [0, 0.1) is 10.1 Å². The Hall–Kier alpha value is -1.46. The lowest BCUT2D eigenvalue weighted by atomic mass is 10.1. The summed E-state index contributed by atoms with van der Waals surface area (Å²) in [4.78, 5) is 12.7. The van der Waals surface area contributed by atoms with Crippen LogP contribution in [0.2, 0.25) is 0 Å². The van der Waals surface area contributed by atoms with Gasteiger partial charge in [0, 0.05) is 24.7 Å². The maximum atomic E-state index is 10.8. The van der Waals surface area contributed by atoms with Crippen LogP contribution >= 0.6 is 0 Å². The van der Waals surface area contributed by atoms with E-state index < -0.39 is 0 Å². The molecule has 0 amide bonds. The molecule has 0 aliphatic carbocycles. The minimum absolute atomic E-state index is 0.174. The quantitative estimate of drug-likeness (QED) is 0.668. The maximum absolute atomic E-state index is 10.8. The number of nitro benzene ring substituents is 1. The van der Waals surface area contributed by atoms with Crippen molar-refractivity contribution in [2.45, 2.75) is 31.8 Å². The van der Waals surface area contributed by atoms with E-state index in [1.54, 1.807) is 18.2 Å². The predicted octanol–water partition coefficient (Wildman–Crippen LogP) is 2.17. The SMILES string of the molecule is CN(Cc1cccc([N+](=O)[O-])c1)C1CCCNCC1. The highest BCUT2D eigenvalue weighted by Gasteiger charge is 2.17. The molecule has 1 aliphatic heterocycles. The van der Waals surface area contributed by atoms with Crippen molar-refractivity contribution in [3.05, 3.63) is 39.9 Å². The number of hydrogen-bond acceptors (Lipinski definition) is 4. The van der Waals surface area contributed by atoms with Gasteiger partial charge in [-0.2, -0.15) is 0 Å². The summed E-state index contributed by atoms with van der Waals surface area (Å²) in [6.07, 6.45) is 3.54. The molecule has 1 N–H and O–H groups in total. The van der Waals surface area contributed by atoms with Crippen LogP contribution in [0.3, 0.4) is 0 Å². The molecule has 0 saturated carbocycles. The van der Waals surface area contributed by atoms with Crippen LogP contribution in [0.4, 0.5) is 5.69 Å². The van der Waals surface area contributed by atoms with Crippen LogP contribution in [0.15, 0.2) is 24.3 Å². The summed E-state index contributed by atoms with van der Waals surface area (Å²) in [5, 5.41) is 14.2. The molecule has 0 bridgehead atoms. The van der Waals surface area contributed by atoms with Gasteiger partial charge in [0.2, 0.25) is 0 Å². The molecule has 5 heteroatoms. The molecule has 1 aliphatic rings. The van der Waals surface area contributed by atoms with E-state index in [4.69, 9.17) is 0 Å². The molecule has 104 valence electrons. The Bertz CT molecular complexity index is 428. The smallest absolute Gasteiger partial charge is 0.269 e. The summed E-state index contributed by atoms with van der Waals surface area (Å²) >= 11 is 0. The van der Waals surface area contributed by atoms with Crippen molar-refractivity contribution in [1.82, 2.24) is 10.2 Å². The molecule has 1 saturated heterocycles. The summed E-state index contributed by atoms with van der Waals surface area (Å²) in [5.41, 5.74) is 1.18. The standard InChI is InChI=1S/C14H21N3O2/c1-16(13-6-3-8-15-9-7-13)11-12-4-2-5-14(10-12)17(18)19/h2,4-5,10,13,15H,3,6-9,11H2,1H3. The molecular formula is C14H21N3O2. The fourth-order valence-corrected chi connectivity index (χ4v) is 2.63. The molecule has 1 unspecified atom stereocenters. The van der Waals surface area contributed by atoms with E-state index in [-0.39, 0.29) is 10.6 Å². The van der Waals surface area contributed by atoms with Gasteiger partial charge in [0.1, 0.15) is 0 Å². The number of benzene rings is 1. The molecule has 19 heavy (non-hydrogen) atoms. The molecule has 1 aromatic carbocycles. The monoisotopic (exact) mass is 263 g/mol. The Morgan fingerprint density at radius 3 is 3.05 bits per heavy atom. The Kier molecular flexibility index (Phi) is 4.87. The van der Waals surface area contributed by atoms with Crippen molar-refractivity contribution in [3.8, 4) is 0 Å². The molecule has 0 aromatic heterocycles. The average molecular weight is 263 g/mol. The van der Waals surface area contributed by atoms with Crippen LogP contribution in [0.25, 0.3) is 0 Å². The lowest BCUT2D eigenvalue weighted by Gasteiger charge is -2.26. The van der Waals surface area contributed by atoms with Gasteiger partial charge >= 0.3 is 0 Å².